The van der Waals surface area contributed by atoms with E-state index in [0.717, 1.165) is 6.08 Å². The molecule has 0 fully saturated rings. The Bertz CT molecular complexity index is 286. The second-order valence-electron chi connectivity index (χ2n) is 2.11. The summed E-state index contributed by atoms with van der Waals surface area (Å²) < 4.78 is 4.58. The van der Waals surface area contributed by atoms with Crippen LogP contribution in [-0.4, -0.2) is 24.4 Å². The van der Waals surface area contributed by atoms with Crippen LogP contribution in [0, 0.1) is 5.41 Å². The molecule has 0 heterocycles. The van der Waals surface area contributed by atoms with Crippen LogP contribution in [0.4, 0.5) is 0 Å². The minimum atomic E-state index is -0.781. The lowest BCUT2D eigenvalue weighted by molar-refractivity contribution is -0.142. The zero-order chi connectivity index (χ0) is 11.6. The summed E-state index contributed by atoms with van der Waals surface area (Å²) in [5.74, 6) is -0.559. The fraction of sp³-hybridized carbons (Fsp3) is 0.375. The molecule has 0 bridgehead atoms. The summed E-state index contributed by atoms with van der Waals surface area (Å²) in [4.78, 5) is 31.9. The smallest absolute Gasteiger partial charge is 0.335 e. The minimum absolute atomic E-state index is 0.276. The Morgan fingerprint density at radius 1 is 1.57 bits per heavy atom. The van der Waals surface area contributed by atoms with Crippen LogP contribution in [-0.2, 0) is 19.1 Å². The van der Waals surface area contributed by atoms with Gasteiger partial charge in [-0.1, -0.05) is 6.58 Å². The summed E-state index contributed by atoms with van der Waals surface area (Å²) in [7, 11) is 0. The Morgan fingerprint density at radius 2 is 2.00 bits per heavy atom. The van der Waals surface area contributed by atoms with Crippen molar-refractivity contribution in [3.63, 3.8) is 0 Å². The van der Waals surface area contributed by atoms with E-state index < -0.39 is 12.2 Å². The van der Waals surface area contributed by atoms with E-state index >= 15 is 0 Å². The SMILES string of the molecule is C=C(C)C(=O)OC(C)N=C=O.N=C=O. The highest BCUT2D eigenvalue weighted by molar-refractivity contribution is 5.87. The zero-order valence-electron chi connectivity index (χ0n) is 7.86. The van der Waals surface area contributed by atoms with Gasteiger partial charge in [0.15, 0.2) is 0 Å². The zero-order valence-corrected chi connectivity index (χ0v) is 7.86. The van der Waals surface area contributed by atoms with E-state index in [1.807, 2.05) is 0 Å². The van der Waals surface area contributed by atoms with Crippen molar-refractivity contribution in [2.45, 2.75) is 20.1 Å². The minimum Gasteiger partial charge on any atom is -0.436 e. The van der Waals surface area contributed by atoms with Crippen molar-refractivity contribution in [3.8, 4) is 0 Å². The molecule has 6 nitrogen and oxygen atoms in total. The Labute approximate surface area is 80.8 Å². The predicted molar refractivity (Wildman–Crippen MR) is 46.9 cm³/mol. The lowest BCUT2D eigenvalue weighted by Crippen LogP contribution is -2.12. The quantitative estimate of drug-likeness (QED) is 0.312. The van der Waals surface area contributed by atoms with Crippen LogP contribution in [0.25, 0.3) is 0 Å². The molecule has 0 aliphatic carbocycles. The molecule has 1 atom stereocenters. The second-order valence-corrected chi connectivity index (χ2v) is 2.11. The van der Waals surface area contributed by atoms with Gasteiger partial charge in [-0.25, -0.2) is 19.8 Å². The van der Waals surface area contributed by atoms with Crippen molar-refractivity contribution >= 4 is 18.1 Å². The fourth-order valence-electron chi connectivity index (χ4n) is 0.356. The molecule has 14 heavy (non-hydrogen) atoms. The van der Waals surface area contributed by atoms with E-state index in [2.05, 4.69) is 16.3 Å². The Balaban J connectivity index is 0. The maximum atomic E-state index is 10.7. The monoisotopic (exact) mass is 198 g/mol. The standard InChI is InChI=1S/C7H9NO3.CHNO/c1-5(2)7(10)11-6(3)8-4-9;2-1-3/h6H,1H2,2-3H3;2H. The number of isocyanates is 2. The third-order valence-corrected chi connectivity index (χ3v) is 0.861. The van der Waals surface area contributed by atoms with E-state index in [0.29, 0.717) is 0 Å². The molecule has 1 unspecified atom stereocenters. The van der Waals surface area contributed by atoms with Crippen molar-refractivity contribution in [1.29, 1.82) is 5.41 Å². The third-order valence-electron chi connectivity index (χ3n) is 0.861. The number of nitrogens with one attached hydrogen (secondary N) is 1. The van der Waals surface area contributed by atoms with Crippen LogP contribution < -0.4 is 0 Å². The average molecular weight is 198 g/mol. The molecular weight excluding hydrogens is 188 g/mol. The second kappa shape index (κ2) is 9.06. The molecule has 76 valence electrons. The molecule has 0 aliphatic rings. The van der Waals surface area contributed by atoms with Crippen molar-refractivity contribution in [2.75, 3.05) is 0 Å². The van der Waals surface area contributed by atoms with Crippen LogP contribution >= 0.6 is 0 Å². The summed E-state index contributed by atoms with van der Waals surface area (Å²) in [5, 5.41) is 5.40. The molecule has 0 saturated heterocycles. The summed E-state index contributed by atoms with van der Waals surface area (Å²) in [6.45, 7) is 6.33. The normalized spacial score (nSPS) is 9.29. The van der Waals surface area contributed by atoms with Gasteiger partial charge in [-0.05, 0) is 13.8 Å². The summed E-state index contributed by atoms with van der Waals surface area (Å²) in [6, 6.07) is 0. The van der Waals surface area contributed by atoms with Gasteiger partial charge in [0.2, 0.25) is 18.4 Å². The summed E-state index contributed by atoms with van der Waals surface area (Å²) in [5.41, 5.74) is 0.276. The molecule has 0 radical (unpaired) electrons. The van der Waals surface area contributed by atoms with E-state index in [1.54, 1.807) is 0 Å². The summed E-state index contributed by atoms with van der Waals surface area (Å²) >= 11 is 0. The van der Waals surface area contributed by atoms with Crippen LogP contribution in [0.5, 0.6) is 0 Å². The van der Waals surface area contributed by atoms with Gasteiger partial charge in [0.05, 0.1) is 0 Å². The van der Waals surface area contributed by atoms with E-state index in [1.165, 1.54) is 19.9 Å². The molecule has 0 spiro atoms. The van der Waals surface area contributed by atoms with Crippen molar-refractivity contribution in [3.05, 3.63) is 12.2 Å². The van der Waals surface area contributed by atoms with Crippen molar-refractivity contribution in [2.24, 2.45) is 4.99 Å². The first-order valence-corrected chi connectivity index (χ1v) is 3.46. The lowest BCUT2D eigenvalue weighted by Gasteiger charge is -2.05. The summed E-state index contributed by atoms with van der Waals surface area (Å²) in [6.07, 6.45) is 1.25. The van der Waals surface area contributed by atoms with Gasteiger partial charge < -0.3 is 4.74 Å². The Morgan fingerprint density at radius 3 is 2.29 bits per heavy atom. The fourth-order valence-corrected chi connectivity index (χ4v) is 0.356. The van der Waals surface area contributed by atoms with E-state index in [-0.39, 0.29) is 5.57 Å². The van der Waals surface area contributed by atoms with Crippen LogP contribution in [0.2, 0.25) is 0 Å². The molecule has 0 amide bonds. The molecule has 6 heteroatoms. The molecule has 0 aromatic rings. The first-order chi connectivity index (χ1) is 6.49. The molecule has 0 aromatic heterocycles. The lowest BCUT2D eigenvalue weighted by atomic mass is 10.4. The topological polar surface area (TPSA) is 96.7 Å². The largest absolute Gasteiger partial charge is 0.436 e. The number of aliphatic imine (C=N–C) groups is 1. The van der Waals surface area contributed by atoms with Gasteiger partial charge in [-0.3, -0.25) is 0 Å². The number of nitrogens with zero attached hydrogens (tertiary/aromatic N) is 1. The maximum absolute atomic E-state index is 10.7. The van der Waals surface area contributed by atoms with E-state index in [4.69, 9.17) is 10.2 Å². The first-order valence-electron chi connectivity index (χ1n) is 3.46. The van der Waals surface area contributed by atoms with Crippen molar-refractivity contribution < 1.29 is 19.1 Å². The molecule has 0 rings (SSSR count). The number of hydrogen-bond acceptors (Lipinski definition) is 6. The number of rotatable bonds is 3. The van der Waals surface area contributed by atoms with Gasteiger partial charge in [0, 0.05) is 5.57 Å². The highest BCUT2D eigenvalue weighted by Crippen LogP contribution is 1.97. The molecule has 1 N–H and O–H groups in total. The average Bonchev–Trinajstić information content (AvgIpc) is 2.05. The predicted octanol–water partition coefficient (Wildman–Crippen LogP) is 0.688. The van der Waals surface area contributed by atoms with Crippen LogP contribution in [0.3, 0.4) is 0 Å². The van der Waals surface area contributed by atoms with Crippen LogP contribution in [0.15, 0.2) is 17.1 Å². The number of carbonyl (C=O) groups is 1. The highest BCUT2D eigenvalue weighted by Gasteiger charge is 2.07. The number of carbonyl (C=O) groups excluding carboxylic acids is 3. The number of esters is 1. The Kier molecular flexibility index (Phi) is 9.38. The Hall–Kier alpha value is -2.03. The highest BCUT2D eigenvalue weighted by atomic mass is 16.6. The van der Waals surface area contributed by atoms with E-state index in [9.17, 15) is 9.59 Å². The molecule has 0 aromatic carbocycles. The maximum Gasteiger partial charge on any atom is 0.335 e. The molecular formula is C8H10N2O4. The van der Waals surface area contributed by atoms with Gasteiger partial charge in [-0.15, -0.1) is 0 Å². The third kappa shape index (κ3) is 9.97. The number of ether oxygens (including phenoxy) is 1. The molecule has 0 saturated carbocycles. The first kappa shape index (κ1) is 14.5. The number of hydrogen-bond donors (Lipinski definition) is 1. The molecule has 0 aliphatic heterocycles. The van der Waals surface area contributed by atoms with Gasteiger partial charge in [0.25, 0.3) is 0 Å². The van der Waals surface area contributed by atoms with Gasteiger partial charge in [-0.2, -0.15) is 4.99 Å². The van der Waals surface area contributed by atoms with Crippen molar-refractivity contribution in [1.82, 2.24) is 0 Å². The van der Waals surface area contributed by atoms with Crippen LogP contribution in [0.1, 0.15) is 13.8 Å². The van der Waals surface area contributed by atoms with Gasteiger partial charge in [0.1, 0.15) is 0 Å². The van der Waals surface area contributed by atoms with Gasteiger partial charge >= 0.3 is 5.97 Å².